The van der Waals surface area contributed by atoms with Crippen LogP contribution in [-0.2, 0) is 4.79 Å². The first kappa shape index (κ1) is 21.6. The Balaban J connectivity index is 1.43. The number of carbonyl (C=O) groups is 1. The summed E-state index contributed by atoms with van der Waals surface area (Å²) in [6.07, 6.45) is 3.67. The van der Waals surface area contributed by atoms with Gasteiger partial charge >= 0.3 is 0 Å². The van der Waals surface area contributed by atoms with Crippen molar-refractivity contribution in [2.75, 3.05) is 33.7 Å². The molecular formula is C25H31N7O. The summed E-state index contributed by atoms with van der Waals surface area (Å²) < 4.78 is 1.57. The van der Waals surface area contributed by atoms with Crippen molar-refractivity contribution >= 4 is 22.5 Å². The first-order valence-corrected chi connectivity index (χ1v) is 11.7. The van der Waals surface area contributed by atoms with E-state index in [2.05, 4.69) is 57.1 Å². The van der Waals surface area contributed by atoms with Crippen LogP contribution in [0.5, 0.6) is 0 Å². The van der Waals surface area contributed by atoms with Crippen LogP contribution in [0.25, 0.3) is 27.9 Å². The lowest BCUT2D eigenvalue weighted by Gasteiger charge is -2.32. The number of rotatable bonds is 5. The molecule has 172 valence electrons. The number of nitrogens with one attached hydrogen (secondary N) is 1. The summed E-state index contributed by atoms with van der Waals surface area (Å²) >= 11 is 0. The molecule has 0 saturated carbocycles. The SMILES string of the molecule is CC(C)c1c(-c2ccc3ncnn3n2)[nH]c2ccc(C3CCN(CC(=O)N(C)C)CC3)cc12. The fourth-order valence-electron chi connectivity index (χ4n) is 4.90. The number of fused-ring (bicyclic) bond motifs is 2. The number of piperidine rings is 1. The number of aromatic amines is 1. The van der Waals surface area contributed by atoms with Crippen molar-refractivity contribution in [3.63, 3.8) is 0 Å². The lowest BCUT2D eigenvalue weighted by molar-refractivity contribution is -0.130. The smallest absolute Gasteiger partial charge is 0.236 e. The molecule has 1 fully saturated rings. The van der Waals surface area contributed by atoms with E-state index < -0.39 is 0 Å². The van der Waals surface area contributed by atoms with E-state index in [1.165, 1.54) is 22.8 Å². The molecule has 1 N–H and O–H groups in total. The number of amides is 1. The molecule has 0 aliphatic carbocycles. The average molecular weight is 446 g/mol. The first-order valence-electron chi connectivity index (χ1n) is 11.7. The maximum atomic E-state index is 12.1. The van der Waals surface area contributed by atoms with Crippen molar-refractivity contribution in [3.05, 3.63) is 47.8 Å². The molecule has 1 aromatic carbocycles. The molecule has 1 saturated heterocycles. The maximum absolute atomic E-state index is 12.1. The molecule has 8 heteroatoms. The van der Waals surface area contributed by atoms with Gasteiger partial charge in [-0.15, -0.1) is 14.8 Å². The standard InChI is InChI=1S/C25H31N7O/c1-16(2)24-19-13-18(17-9-11-31(12-10-17)14-23(33)30(3)4)5-6-20(19)28-25(24)21-7-8-22-26-15-27-32(22)29-21/h5-8,13,15-17,28H,9-12,14H2,1-4H3. The zero-order valence-electron chi connectivity index (χ0n) is 19.7. The van der Waals surface area contributed by atoms with Gasteiger partial charge < -0.3 is 9.88 Å². The molecule has 1 aliphatic heterocycles. The Kier molecular flexibility index (Phi) is 5.62. The Morgan fingerprint density at radius 3 is 2.70 bits per heavy atom. The van der Waals surface area contributed by atoms with Gasteiger partial charge in [-0.25, -0.2) is 4.98 Å². The topological polar surface area (TPSA) is 82.4 Å². The Morgan fingerprint density at radius 1 is 1.18 bits per heavy atom. The fourth-order valence-corrected chi connectivity index (χ4v) is 4.90. The summed E-state index contributed by atoms with van der Waals surface area (Å²) in [4.78, 5) is 23.8. The Hall–Kier alpha value is -3.26. The fraction of sp³-hybridized carbons (Fsp3) is 0.440. The minimum atomic E-state index is 0.175. The lowest BCUT2D eigenvalue weighted by Crippen LogP contribution is -2.40. The highest BCUT2D eigenvalue weighted by molar-refractivity contribution is 5.91. The quantitative estimate of drug-likeness (QED) is 0.507. The van der Waals surface area contributed by atoms with Gasteiger partial charge in [-0.05, 0) is 73.2 Å². The van der Waals surface area contributed by atoms with E-state index in [0.29, 0.717) is 18.4 Å². The zero-order valence-corrected chi connectivity index (χ0v) is 19.7. The number of nitrogens with zero attached hydrogens (tertiary/aromatic N) is 6. The van der Waals surface area contributed by atoms with E-state index in [0.717, 1.165) is 48.5 Å². The van der Waals surface area contributed by atoms with Crippen LogP contribution in [0.1, 0.15) is 49.7 Å². The van der Waals surface area contributed by atoms with Crippen LogP contribution >= 0.6 is 0 Å². The Bertz CT molecular complexity index is 1290. The van der Waals surface area contributed by atoms with Gasteiger partial charge in [-0.2, -0.15) is 0 Å². The van der Waals surface area contributed by atoms with E-state index >= 15 is 0 Å². The monoisotopic (exact) mass is 445 g/mol. The van der Waals surface area contributed by atoms with Crippen LogP contribution in [0.4, 0.5) is 0 Å². The van der Waals surface area contributed by atoms with E-state index in [4.69, 9.17) is 0 Å². The third-order valence-corrected chi connectivity index (χ3v) is 6.76. The highest BCUT2D eigenvalue weighted by Gasteiger charge is 2.24. The number of aromatic nitrogens is 5. The molecule has 1 amide bonds. The van der Waals surface area contributed by atoms with Gasteiger partial charge in [0.25, 0.3) is 0 Å². The lowest BCUT2D eigenvalue weighted by atomic mass is 9.87. The van der Waals surface area contributed by atoms with Gasteiger partial charge in [-0.1, -0.05) is 19.9 Å². The van der Waals surface area contributed by atoms with Crippen LogP contribution in [0, 0.1) is 0 Å². The molecule has 0 spiro atoms. The van der Waals surface area contributed by atoms with Crippen molar-refractivity contribution in [1.29, 1.82) is 0 Å². The number of hydrogen-bond donors (Lipinski definition) is 1. The minimum absolute atomic E-state index is 0.175. The highest BCUT2D eigenvalue weighted by atomic mass is 16.2. The second kappa shape index (κ2) is 8.59. The van der Waals surface area contributed by atoms with Gasteiger partial charge in [0.15, 0.2) is 5.65 Å². The zero-order chi connectivity index (χ0) is 23.1. The molecule has 1 aliphatic rings. The molecule has 5 rings (SSSR count). The largest absolute Gasteiger partial charge is 0.353 e. The third-order valence-electron chi connectivity index (χ3n) is 6.76. The van der Waals surface area contributed by atoms with Crippen molar-refractivity contribution in [2.24, 2.45) is 0 Å². The molecule has 3 aromatic heterocycles. The summed E-state index contributed by atoms with van der Waals surface area (Å²) in [6, 6.07) is 10.8. The molecule has 0 unspecified atom stereocenters. The molecule has 0 radical (unpaired) electrons. The summed E-state index contributed by atoms with van der Waals surface area (Å²) in [5.74, 6) is 1.04. The van der Waals surface area contributed by atoms with Crippen LogP contribution in [-0.4, -0.2) is 74.2 Å². The molecule has 4 heterocycles. The molecule has 33 heavy (non-hydrogen) atoms. The second-order valence-electron chi connectivity index (χ2n) is 9.54. The van der Waals surface area contributed by atoms with Crippen molar-refractivity contribution in [3.8, 4) is 11.4 Å². The molecule has 0 atom stereocenters. The molecule has 0 bridgehead atoms. The van der Waals surface area contributed by atoms with Crippen molar-refractivity contribution in [2.45, 2.75) is 38.5 Å². The Labute approximate surface area is 193 Å². The van der Waals surface area contributed by atoms with Gasteiger partial charge in [-0.3, -0.25) is 9.69 Å². The number of benzene rings is 1. The van der Waals surface area contributed by atoms with Crippen LogP contribution in [0.2, 0.25) is 0 Å². The van der Waals surface area contributed by atoms with Crippen molar-refractivity contribution < 1.29 is 4.79 Å². The van der Waals surface area contributed by atoms with Crippen LogP contribution < -0.4 is 0 Å². The second-order valence-corrected chi connectivity index (χ2v) is 9.54. The Morgan fingerprint density at radius 2 is 1.97 bits per heavy atom. The van der Waals surface area contributed by atoms with E-state index in [1.807, 2.05) is 26.2 Å². The highest BCUT2D eigenvalue weighted by Crippen LogP contribution is 2.37. The first-order chi connectivity index (χ1) is 15.9. The summed E-state index contributed by atoms with van der Waals surface area (Å²) in [5, 5.41) is 10.1. The number of H-pyrrole nitrogens is 1. The predicted octanol–water partition coefficient (Wildman–Crippen LogP) is 3.66. The average Bonchev–Trinajstić information content (AvgIpc) is 3.43. The summed E-state index contributed by atoms with van der Waals surface area (Å²) in [5.41, 5.74) is 6.45. The predicted molar refractivity (Wildman–Crippen MR) is 129 cm³/mol. The van der Waals surface area contributed by atoms with Gasteiger partial charge in [0.2, 0.25) is 5.91 Å². The number of carbonyl (C=O) groups excluding carboxylic acids is 1. The normalized spacial score (nSPS) is 15.7. The van der Waals surface area contributed by atoms with Gasteiger partial charge in [0, 0.05) is 25.0 Å². The summed E-state index contributed by atoms with van der Waals surface area (Å²) in [6.45, 7) is 6.89. The van der Waals surface area contributed by atoms with Crippen LogP contribution in [0.15, 0.2) is 36.7 Å². The molecule has 4 aromatic rings. The molecule has 8 nitrogen and oxygen atoms in total. The number of likely N-dealkylation sites (tertiary alicyclic amines) is 1. The number of hydrogen-bond acceptors (Lipinski definition) is 5. The van der Waals surface area contributed by atoms with Gasteiger partial charge in [0.1, 0.15) is 12.0 Å². The van der Waals surface area contributed by atoms with Gasteiger partial charge in [0.05, 0.1) is 12.2 Å². The summed E-state index contributed by atoms with van der Waals surface area (Å²) in [7, 11) is 3.64. The van der Waals surface area contributed by atoms with Crippen LogP contribution in [0.3, 0.4) is 0 Å². The van der Waals surface area contributed by atoms with E-state index in [1.54, 1.807) is 9.53 Å². The van der Waals surface area contributed by atoms with Crippen molar-refractivity contribution in [1.82, 2.24) is 34.6 Å². The third kappa shape index (κ3) is 4.11. The van der Waals surface area contributed by atoms with E-state index in [9.17, 15) is 4.79 Å². The minimum Gasteiger partial charge on any atom is -0.353 e. The number of likely N-dealkylation sites (N-methyl/N-ethyl adjacent to an activating group) is 1. The maximum Gasteiger partial charge on any atom is 0.236 e. The molecular weight excluding hydrogens is 414 g/mol. The van der Waals surface area contributed by atoms with E-state index in [-0.39, 0.29) is 5.91 Å².